The summed E-state index contributed by atoms with van der Waals surface area (Å²) in [5.74, 6) is 1.98. The molecule has 0 aliphatic heterocycles. The molecule has 10 aromatic rings. The van der Waals surface area contributed by atoms with Gasteiger partial charge in [-0.15, -0.1) is 0 Å². The minimum Gasteiger partial charge on any atom is -0.508 e. The second-order valence-electron chi connectivity index (χ2n) is 14.0. The van der Waals surface area contributed by atoms with Crippen LogP contribution in [0.4, 0.5) is 0 Å². The zero-order chi connectivity index (χ0) is 42.9. The zero-order valence-corrected chi connectivity index (χ0v) is 33.7. The van der Waals surface area contributed by atoms with Crippen LogP contribution in [-0.2, 0) is 12.8 Å². The van der Waals surface area contributed by atoms with Gasteiger partial charge in [-0.05, 0) is 48.5 Å². The van der Waals surface area contributed by atoms with Gasteiger partial charge in [-0.3, -0.25) is 9.59 Å². The number of carbonyl (C=O) groups is 2. The summed E-state index contributed by atoms with van der Waals surface area (Å²) in [7, 11) is 0. The van der Waals surface area contributed by atoms with Crippen molar-refractivity contribution in [1.29, 1.82) is 0 Å². The first-order chi connectivity index (χ1) is 30.4. The van der Waals surface area contributed by atoms with Crippen molar-refractivity contribution in [3.05, 3.63) is 241 Å². The van der Waals surface area contributed by atoms with Crippen molar-refractivity contribution in [2.75, 3.05) is 0 Å². The highest BCUT2D eigenvalue weighted by Crippen LogP contribution is 2.24. The second kappa shape index (κ2) is 21.1. The topological polar surface area (TPSA) is 129 Å². The van der Waals surface area contributed by atoms with E-state index in [9.17, 15) is 19.8 Å². The number of phenolic OH excluding ortho intramolecular Hbond substituents is 2. The number of nitrogens with one attached hydrogen (secondary N) is 1. The van der Waals surface area contributed by atoms with Crippen molar-refractivity contribution in [3.63, 3.8) is 0 Å². The maximum absolute atomic E-state index is 11.9. The quantitative estimate of drug-likeness (QED) is 0.130. The molecule has 3 N–H and O–H groups in total. The van der Waals surface area contributed by atoms with Crippen molar-refractivity contribution in [3.8, 4) is 34.3 Å². The molecule has 0 saturated heterocycles. The lowest BCUT2D eigenvalue weighted by Crippen LogP contribution is -2.03. The number of H-pyrrole nitrogens is 1. The van der Waals surface area contributed by atoms with E-state index in [1.54, 1.807) is 60.7 Å². The van der Waals surface area contributed by atoms with Gasteiger partial charge in [-0.2, -0.15) is 0 Å². The standard InChI is InChI=1S/2C14H12O2.C13H10N2.C13H9NO/c2*15-13-9-5-4-8-12(13)10-14(16)11-6-2-1-3-7-11;2*1-2-6-10(7-3-1)13-14-11-8-4-5-9-12(11)15-13/h2*1-9,15H,10H2;1-9H,(H,14,15);1-9H. The fourth-order valence-electron chi connectivity index (χ4n) is 6.38. The third-order valence-corrected chi connectivity index (χ3v) is 9.63. The molecule has 0 saturated carbocycles. The number of para-hydroxylation sites is 6. The van der Waals surface area contributed by atoms with Gasteiger partial charge in [0, 0.05) is 46.2 Å². The number of hydrogen-bond donors (Lipinski definition) is 3. The molecule has 0 bridgehead atoms. The molecule has 0 amide bonds. The van der Waals surface area contributed by atoms with E-state index in [2.05, 4.69) is 27.1 Å². The molecule has 0 spiro atoms. The lowest BCUT2D eigenvalue weighted by molar-refractivity contribution is 0.0984. The maximum atomic E-state index is 11.9. The fourth-order valence-corrected chi connectivity index (χ4v) is 6.38. The number of nitrogens with zero attached hydrogens (tertiary/aromatic N) is 2. The number of rotatable bonds is 8. The first kappa shape index (κ1) is 41.8. The molecule has 0 fully saturated rings. The van der Waals surface area contributed by atoms with Crippen molar-refractivity contribution in [1.82, 2.24) is 15.0 Å². The number of aromatic hydroxyl groups is 2. The Morgan fingerprint density at radius 1 is 0.435 bits per heavy atom. The van der Waals surface area contributed by atoms with Gasteiger partial charge in [-0.25, -0.2) is 9.97 Å². The van der Waals surface area contributed by atoms with Gasteiger partial charge in [0.15, 0.2) is 17.1 Å². The molecular formula is C54H43N3O5. The summed E-state index contributed by atoms with van der Waals surface area (Å²) >= 11 is 0. The van der Waals surface area contributed by atoms with Gasteiger partial charge in [0.2, 0.25) is 5.89 Å². The summed E-state index contributed by atoms with van der Waals surface area (Å²) in [5.41, 5.74) is 8.62. The van der Waals surface area contributed by atoms with Crippen LogP contribution in [-0.4, -0.2) is 36.7 Å². The van der Waals surface area contributed by atoms with E-state index in [1.807, 2.05) is 146 Å². The molecule has 0 atom stereocenters. The van der Waals surface area contributed by atoms with Crippen LogP contribution in [0.3, 0.4) is 0 Å². The molecule has 0 radical (unpaired) electrons. The van der Waals surface area contributed by atoms with Crippen LogP contribution in [0, 0.1) is 0 Å². The minimum absolute atomic E-state index is 0.0158. The van der Waals surface area contributed by atoms with Crippen molar-refractivity contribution >= 4 is 33.7 Å². The molecule has 8 aromatic carbocycles. The van der Waals surface area contributed by atoms with Crippen LogP contribution < -0.4 is 0 Å². The lowest BCUT2D eigenvalue weighted by Gasteiger charge is -2.03. The van der Waals surface area contributed by atoms with Gasteiger partial charge in [0.05, 0.1) is 11.0 Å². The number of phenols is 2. The molecule has 10 rings (SSSR count). The Morgan fingerprint density at radius 2 is 0.855 bits per heavy atom. The van der Waals surface area contributed by atoms with E-state index in [4.69, 9.17) is 4.42 Å². The Balaban J connectivity index is 0.000000124. The first-order valence-electron chi connectivity index (χ1n) is 20.0. The molecular weight excluding hydrogens is 771 g/mol. The third-order valence-electron chi connectivity index (χ3n) is 9.63. The average Bonchev–Trinajstić information content (AvgIpc) is 3.98. The van der Waals surface area contributed by atoms with E-state index in [1.165, 1.54) is 0 Å². The van der Waals surface area contributed by atoms with Gasteiger partial charge in [0.1, 0.15) is 22.8 Å². The van der Waals surface area contributed by atoms with E-state index in [0.717, 1.165) is 39.1 Å². The highest BCUT2D eigenvalue weighted by molar-refractivity contribution is 5.98. The van der Waals surface area contributed by atoms with Crippen LogP contribution in [0.25, 0.3) is 45.0 Å². The Morgan fingerprint density at radius 3 is 1.35 bits per heavy atom. The summed E-state index contributed by atoms with van der Waals surface area (Å²) in [6, 6.07) is 67.9. The molecule has 8 heteroatoms. The fraction of sp³-hybridized carbons (Fsp3) is 0.0370. The maximum Gasteiger partial charge on any atom is 0.227 e. The SMILES string of the molecule is O=C(Cc1ccccc1O)c1ccccc1.O=C(Cc1ccccc1O)c1ccccc1.c1ccc(-c2nc3ccccc3[nH]2)cc1.c1ccc(-c2nc3ccccc3o2)cc1. The number of carbonyl (C=O) groups excluding carboxylic acids is 2. The highest BCUT2D eigenvalue weighted by Gasteiger charge is 2.10. The molecule has 62 heavy (non-hydrogen) atoms. The van der Waals surface area contributed by atoms with Crippen LogP contribution >= 0.6 is 0 Å². The number of imidazole rings is 1. The van der Waals surface area contributed by atoms with Crippen LogP contribution in [0.5, 0.6) is 11.5 Å². The molecule has 304 valence electrons. The van der Waals surface area contributed by atoms with Crippen molar-refractivity contribution < 1.29 is 24.2 Å². The molecule has 8 nitrogen and oxygen atoms in total. The normalized spacial score (nSPS) is 10.3. The number of aromatic amines is 1. The van der Waals surface area contributed by atoms with Crippen LogP contribution in [0.2, 0.25) is 0 Å². The Kier molecular flexibility index (Phi) is 14.2. The smallest absolute Gasteiger partial charge is 0.227 e. The van der Waals surface area contributed by atoms with Crippen molar-refractivity contribution in [2.45, 2.75) is 12.8 Å². The average molecular weight is 814 g/mol. The van der Waals surface area contributed by atoms with Gasteiger partial charge in [0.25, 0.3) is 0 Å². The van der Waals surface area contributed by atoms with Gasteiger partial charge in [-0.1, -0.05) is 170 Å². The summed E-state index contributed by atoms with van der Waals surface area (Å²) < 4.78 is 5.64. The Labute approximate surface area is 359 Å². The predicted octanol–water partition coefficient (Wildman–Crippen LogP) is 12.4. The first-order valence-corrected chi connectivity index (χ1v) is 20.0. The van der Waals surface area contributed by atoms with E-state index in [0.29, 0.717) is 28.1 Å². The molecule has 2 heterocycles. The Bertz CT molecular complexity index is 2690. The molecule has 0 aliphatic rings. The molecule has 2 aromatic heterocycles. The van der Waals surface area contributed by atoms with E-state index < -0.39 is 0 Å². The summed E-state index contributed by atoms with van der Waals surface area (Å²) in [6.45, 7) is 0. The lowest BCUT2D eigenvalue weighted by atomic mass is 10.0. The zero-order valence-electron chi connectivity index (χ0n) is 33.7. The molecule has 0 unspecified atom stereocenters. The van der Waals surface area contributed by atoms with Crippen LogP contribution in [0.1, 0.15) is 31.8 Å². The number of fused-ring (bicyclic) bond motifs is 2. The van der Waals surface area contributed by atoms with Crippen LogP contribution in [0.15, 0.2) is 223 Å². The Hall–Kier alpha value is -8.36. The summed E-state index contributed by atoms with van der Waals surface area (Å²) in [4.78, 5) is 36.0. The molecule has 0 aliphatic carbocycles. The second-order valence-corrected chi connectivity index (χ2v) is 14.0. The summed E-state index contributed by atoms with van der Waals surface area (Å²) in [6.07, 6.45) is 0.466. The number of ketones is 2. The van der Waals surface area contributed by atoms with Gasteiger partial charge < -0.3 is 19.6 Å². The number of Topliss-reactive ketones (excluding diaryl/α,β-unsaturated/α-hetero) is 2. The number of benzene rings is 8. The highest BCUT2D eigenvalue weighted by atomic mass is 16.3. The predicted molar refractivity (Wildman–Crippen MR) is 246 cm³/mol. The third kappa shape index (κ3) is 11.4. The number of hydrogen-bond acceptors (Lipinski definition) is 7. The summed E-state index contributed by atoms with van der Waals surface area (Å²) in [5, 5.41) is 19.1. The van der Waals surface area contributed by atoms with E-state index in [-0.39, 0.29) is 35.9 Å². The van der Waals surface area contributed by atoms with Gasteiger partial charge >= 0.3 is 0 Å². The number of aromatic nitrogens is 3. The minimum atomic E-state index is 0.0158. The number of oxazole rings is 1. The van der Waals surface area contributed by atoms with E-state index >= 15 is 0 Å². The van der Waals surface area contributed by atoms with Crippen molar-refractivity contribution in [2.24, 2.45) is 0 Å². The largest absolute Gasteiger partial charge is 0.508 e. The monoisotopic (exact) mass is 813 g/mol.